The van der Waals surface area contributed by atoms with Gasteiger partial charge in [-0.05, 0) is 12.3 Å². The molecular formula is C14H25N3O2. The molecule has 5 nitrogen and oxygen atoms in total. The Labute approximate surface area is 115 Å². The second-order valence-corrected chi connectivity index (χ2v) is 5.65. The van der Waals surface area contributed by atoms with Crippen molar-refractivity contribution in [3.63, 3.8) is 0 Å². The average Bonchev–Trinajstić information content (AvgIpc) is 2.97. The van der Waals surface area contributed by atoms with E-state index < -0.39 is 0 Å². The van der Waals surface area contributed by atoms with Crippen molar-refractivity contribution in [2.75, 3.05) is 32.7 Å². The zero-order chi connectivity index (χ0) is 13.7. The maximum atomic E-state index is 12.1. The van der Waals surface area contributed by atoms with Gasteiger partial charge in [-0.25, -0.2) is 0 Å². The van der Waals surface area contributed by atoms with Crippen molar-refractivity contribution in [3.05, 3.63) is 0 Å². The van der Waals surface area contributed by atoms with Gasteiger partial charge in [-0.3, -0.25) is 9.59 Å². The fourth-order valence-corrected chi connectivity index (χ4v) is 3.12. The van der Waals surface area contributed by atoms with Crippen LogP contribution in [0.1, 0.15) is 38.5 Å². The van der Waals surface area contributed by atoms with Gasteiger partial charge < -0.3 is 15.5 Å². The van der Waals surface area contributed by atoms with E-state index in [4.69, 9.17) is 5.73 Å². The van der Waals surface area contributed by atoms with Gasteiger partial charge in [0.25, 0.3) is 0 Å². The molecule has 0 aromatic carbocycles. The molecule has 2 N–H and O–H groups in total. The molecule has 2 fully saturated rings. The van der Waals surface area contributed by atoms with E-state index in [0.717, 1.165) is 12.3 Å². The van der Waals surface area contributed by atoms with Crippen LogP contribution in [-0.4, -0.2) is 54.3 Å². The molecule has 2 amide bonds. The molecule has 1 saturated heterocycles. The first-order chi connectivity index (χ1) is 9.20. The molecule has 1 saturated carbocycles. The molecule has 0 aromatic heterocycles. The lowest BCUT2D eigenvalue weighted by atomic mass is 10.0. The number of amides is 2. The molecule has 108 valence electrons. The van der Waals surface area contributed by atoms with Crippen molar-refractivity contribution < 1.29 is 9.59 Å². The number of piperazine rings is 1. The number of hydrogen-bond acceptors (Lipinski definition) is 3. The van der Waals surface area contributed by atoms with E-state index >= 15 is 0 Å². The first-order valence-electron chi connectivity index (χ1n) is 7.46. The number of nitrogens with zero attached hydrogens (tertiary/aromatic N) is 2. The Hall–Kier alpha value is -1.10. The van der Waals surface area contributed by atoms with Gasteiger partial charge in [-0.2, -0.15) is 0 Å². The Morgan fingerprint density at radius 1 is 0.947 bits per heavy atom. The van der Waals surface area contributed by atoms with Crippen LogP contribution in [0.2, 0.25) is 0 Å². The first kappa shape index (κ1) is 14.3. The molecule has 0 radical (unpaired) electrons. The van der Waals surface area contributed by atoms with E-state index in [1.54, 1.807) is 4.90 Å². The normalized spacial score (nSPS) is 20.9. The van der Waals surface area contributed by atoms with Crippen LogP contribution in [0.15, 0.2) is 0 Å². The Kier molecular flexibility index (Phi) is 5.19. The number of rotatable bonds is 4. The molecule has 0 bridgehead atoms. The average molecular weight is 267 g/mol. The molecule has 1 aliphatic heterocycles. The minimum Gasteiger partial charge on any atom is -0.339 e. The minimum absolute atomic E-state index is 0.0157. The summed E-state index contributed by atoms with van der Waals surface area (Å²) in [6.07, 6.45) is 6.98. The van der Waals surface area contributed by atoms with Gasteiger partial charge in [0.05, 0.1) is 6.54 Å². The maximum Gasteiger partial charge on any atom is 0.236 e. The van der Waals surface area contributed by atoms with Crippen LogP contribution in [0, 0.1) is 5.92 Å². The highest BCUT2D eigenvalue weighted by molar-refractivity contribution is 5.79. The van der Waals surface area contributed by atoms with Gasteiger partial charge >= 0.3 is 0 Å². The summed E-state index contributed by atoms with van der Waals surface area (Å²) in [5.74, 6) is 1.01. The van der Waals surface area contributed by atoms with Gasteiger partial charge in [0, 0.05) is 32.6 Å². The second-order valence-electron chi connectivity index (χ2n) is 5.65. The molecule has 19 heavy (non-hydrogen) atoms. The fraction of sp³-hybridized carbons (Fsp3) is 0.857. The molecule has 0 spiro atoms. The molecular weight excluding hydrogens is 242 g/mol. The number of carbonyl (C=O) groups is 2. The Morgan fingerprint density at radius 3 is 2.00 bits per heavy atom. The summed E-state index contributed by atoms with van der Waals surface area (Å²) in [6.45, 7) is 2.65. The Bertz CT molecular complexity index is 319. The highest BCUT2D eigenvalue weighted by Gasteiger charge is 2.24. The highest BCUT2D eigenvalue weighted by atomic mass is 16.2. The third-order valence-electron chi connectivity index (χ3n) is 4.40. The van der Waals surface area contributed by atoms with Gasteiger partial charge in [0.2, 0.25) is 11.8 Å². The van der Waals surface area contributed by atoms with Crippen molar-refractivity contribution in [2.45, 2.75) is 38.5 Å². The van der Waals surface area contributed by atoms with Crippen molar-refractivity contribution >= 4 is 11.8 Å². The lowest BCUT2D eigenvalue weighted by Crippen LogP contribution is -2.51. The van der Waals surface area contributed by atoms with Crippen LogP contribution in [0.5, 0.6) is 0 Å². The Morgan fingerprint density at radius 2 is 1.47 bits per heavy atom. The number of nitrogens with two attached hydrogens (primary N) is 1. The second kappa shape index (κ2) is 6.89. The SMILES string of the molecule is NCC(=O)N1CCN(C(=O)CCC2CCCC2)CC1. The van der Waals surface area contributed by atoms with Crippen LogP contribution >= 0.6 is 0 Å². The van der Waals surface area contributed by atoms with E-state index in [0.29, 0.717) is 32.6 Å². The lowest BCUT2D eigenvalue weighted by molar-refractivity contribution is -0.138. The fourth-order valence-electron chi connectivity index (χ4n) is 3.12. The Balaban J connectivity index is 1.68. The zero-order valence-corrected chi connectivity index (χ0v) is 11.6. The quantitative estimate of drug-likeness (QED) is 0.810. The number of hydrogen-bond donors (Lipinski definition) is 1. The van der Waals surface area contributed by atoms with Crippen molar-refractivity contribution in [1.82, 2.24) is 9.80 Å². The summed E-state index contributed by atoms with van der Waals surface area (Å²) in [4.78, 5) is 27.2. The molecule has 0 atom stereocenters. The lowest BCUT2D eigenvalue weighted by Gasteiger charge is -2.34. The van der Waals surface area contributed by atoms with Crippen molar-refractivity contribution in [1.29, 1.82) is 0 Å². The predicted molar refractivity (Wildman–Crippen MR) is 73.4 cm³/mol. The summed E-state index contributed by atoms with van der Waals surface area (Å²) in [6, 6.07) is 0. The van der Waals surface area contributed by atoms with E-state index in [2.05, 4.69) is 0 Å². The van der Waals surface area contributed by atoms with Gasteiger partial charge in [-0.1, -0.05) is 25.7 Å². The molecule has 5 heteroatoms. The van der Waals surface area contributed by atoms with Crippen LogP contribution in [0.4, 0.5) is 0 Å². The number of carbonyl (C=O) groups excluding carboxylic acids is 2. The van der Waals surface area contributed by atoms with E-state index in [-0.39, 0.29) is 18.4 Å². The van der Waals surface area contributed by atoms with Crippen LogP contribution < -0.4 is 5.73 Å². The van der Waals surface area contributed by atoms with E-state index in [1.807, 2.05) is 4.90 Å². The largest absolute Gasteiger partial charge is 0.339 e. The topological polar surface area (TPSA) is 66.6 Å². The van der Waals surface area contributed by atoms with Gasteiger partial charge in [-0.15, -0.1) is 0 Å². The van der Waals surface area contributed by atoms with E-state index in [9.17, 15) is 9.59 Å². The summed E-state index contributed by atoms with van der Waals surface area (Å²) in [7, 11) is 0. The van der Waals surface area contributed by atoms with Crippen molar-refractivity contribution in [3.8, 4) is 0 Å². The summed E-state index contributed by atoms with van der Waals surface area (Å²) >= 11 is 0. The summed E-state index contributed by atoms with van der Waals surface area (Å²) < 4.78 is 0. The summed E-state index contributed by atoms with van der Waals surface area (Å²) in [5.41, 5.74) is 5.34. The van der Waals surface area contributed by atoms with Crippen LogP contribution in [-0.2, 0) is 9.59 Å². The van der Waals surface area contributed by atoms with Crippen molar-refractivity contribution in [2.24, 2.45) is 11.7 Å². The smallest absolute Gasteiger partial charge is 0.236 e. The molecule has 1 aliphatic carbocycles. The van der Waals surface area contributed by atoms with Crippen LogP contribution in [0.25, 0.3) is 0 Å². The summed E-state index contributed by atoms with van der Waals surface area (Å²) in [5, 5.41) is 0. The standard InChI is InChI=1S/C14H25N3O2/c15-11-14(19)17-9-7-16(8-10-17)13(18)6-5-12-3-1-2-4-12/h12H,1-11,15H2. The molecule has 0 unspecified atom stereocenters. The highest BCUT2D eigenvalue weighted by Crippen LogP contribution is 2.28. The third-order valence-corrected chi connectivity index (χ3v) is 4.40. The molecule has 2 aliphatic rings. The third kappa shape index (κ3) is 3.93. The maximum absolute atomic E-state index is 12.1. The minimum atomic E-state index is -0.0157. The van der Waals surface area contributed by atoms with E-state index in [1.165, 1.54) is 25.7 Å². The predicted octanol–water partition coefficient (Wildman–Crippen LogP) is 0.586. The van der Waals surface area contributed by atoms with Gasteiger partial charge in [0.15, 0.2) is 0 Å². The zero-order valence-electron chi connectivity index (χ0n) is 11.6. The molecule has 0 aromatic rings. The monoisotopic (exact) mass is 267 g/mol. The molecule has 1 heterocycles. The first-order valence-corrected chi connectivity index (χ1v) is 7.46. The molecule has 2 rings (SSSR count). The van der Waals surface area contributed by atoms with Crippen LogP contribution in [0.3, 0.4) is 0 Å². The van der Waals surface area contributed by atoms with Gasteiger partial charge in [0.1, 0.15) is 0 Å².